The van der Waals surface area contributed by atoms with Crippen LogP contribution in [0.4, 0.5) is 0 Å². The minimum atomic E-state index is -3.17. The SMILES string of the molecule is CC1OP(c2ccccc2)(c2ccccc2)(c2ccccc2)C1c1ccccc1. The molecule has 0 saturated carbocycles. The van der Waals surface area contributed by atoms with Gasteiger partial charge in [0.2, 0.25) is 0 Å². The van der Waals surface area contributed by atoms with Gasteiger partial charge in [0.1, 0.15) is 0 Å². The summed E-state index contributed by atoms with van der Waals surface area (Å²) < 4.78 is 7.17. The Labute approximate surface area is 173 Å². The Kier molecular flexibility index (Phi) is 4.39. The summed E-state index contributed by atoms with van der Waals surface area (Å²) in [5, 5.41) is 3.88. The summed E-state index contributed by atoms with van der Waals surface area (Å²) in [7, 11) is 0. The molecule has 1 nitrogen and oxygen atoms in total. The second-order valence-corrected chi connectivity index (χ2v) is 12.3. The fraction of sp³-hybridized carbons (Fsp3) is 0.111. The van der Waals surface area contributed by atoms with Crippen LogP contribution in [-0.2, 0) is 4.52 Å². The fourth-order valence-electron chi connectivity index (χ4n) is 5.30. The third-order valence-corrected chi connectivity index (χ3v) is 12.8. The molecule has 144 valence electrons. The maximum atomic E-state index is 7.17. The van der Waals surface area contributed by atoms with Crippen LogP contribution in [0.15, 0.2) is 121 Å². The maximum absolute atomic E-state index is 7.17. The van der Waals surface area contributed by atoms with E-state index in [1.54, 1.807) is 0 Å². The van der Waals surface area contributed by atoms with Gasteiger partial charge in [0.25, 0.3) is 0 Å². The van der Waals surface area contributed by atoms with Gasteiger partial charge in [0.05, 0.1) is 0 Å². The van der Waals surface area contributed by atoms with E-state index < -0.39 is 6.83 Å². The third kappa shape index (κ3) is 2.42. The molecular formula is C27H25OP. The molecule has 1 fully saturated rings. The molecule has 5 rings (SSSR count). The van der Waals surface area contributed by atoms with Crippen molar-refractivity contribution in [1.29, 1.82) is 0 Å². The van der Waals surface area contributed by atoms with Crippen molar-refractivity contribution < 1.29 is 4.52 Å². The van der Waals surface area contributed by atoms with E-state index >= 15 is 0 Å². The first kappa shape index (κ1) is 18.3. The van der Waals surface area contributed by atoms with Gasteiger partial charge in [-0.1, -0.05) is 0 Å². The van der Waals surface area contributed by atoms with Crippen molar-refractivity contribution in [1.82, 2.24) is 0 Å². The summed E-state index contributed by atoms with van der Waals surface area (Å²) in [5.74, 6) is 0. The van der Waals surface area contributed by atoms with E-state index in [1.807, 2.05) is 0 Å². The van der Waals surface area contributed by atoms with Crippen molar-refractivity contribution in [2.75, 3.05) is 0 Å². The molecule has 0 aliphatic carbocycles. The Morgan fingerprint density at radius 1 is 0.517 bits per heavy atom. The van der Waals surface area contributed by atoms with E-state index in [2.05, 4.69) is 128 Å². The van der Waals surface area contributed by atoms with Crippen molar-refractivity contribution >= 4 is 22.7 Å². The first-order valence-corrected chi connectivity index (χ1v) is 12.4. The molecule has 1 aliphatic rings. The van der Waals surface area contributed by atoms with Gasteiger partial charge >= 0.3 is 173 Å². The normalized spacial score (nSPS) is 23.3. The minimum absolute atomic E-state index is 0.135. The molecule has 29 heavy (non-hydrogen) atoms. The molecular weight excluding hydrogens is 371 g/mol. The average Bonchev–Trinajstić information content (AvgIpc) is 2.80. The van der Waals surface area contributed by atoms with Crippen LogP contribution in [-0.4, -0.2) is 6.10 Å². The zero-order chi connectivity index (χ0) is 19.8. The fourth-order valence-corrected chi connectivity index (χ4v) is 12.2. The van der Waals surface area contributed by atoms with Gasteiger partial charge < -0.3 is 0 Å². The van der Waals surface area contributed by atoms with E-state index in [1.165, 1.54) is 21.5 Å². The molecule has 0 aromatic heterocycles. The Hall–Kier alpha value is -2.73. The number of hydrogen-bond donors (Lipinski definition) is 0. The first-order valence-electron chi connectivity index (χ1n) is 10.2. The van der Waals surface area contributed by atoms with Crippen LogP contribution in [0.25, 0.3) is 0 Å². The van der Waals surface area contributed by atoms with Crippen LogP contribution in [0.3, 0.4) is 0 Å². The molecule has 0 amide bonds. The quantitative estimate of drug-likeness (QED) is 0.409. The molecule has 4 aromatic carbocycles. The van der Waals surface area contributed by atoms with Gasteiger partial charge in [-0.05, 0) is 0 Å². The number of benzene rings is 4. The van der Waals surface area contributed by atoms with Crippen LogP contribution in [0.1, 0.15) is 18.1 Å². The van der Waals surface area contributed by atoms with Crippen LogP contribution in [0, 0.1) is 0 Å². The van der Waals surface area contributed by atoms with Crippen molar-refractivity contribution in [3.63, 3.8) is 0 Å². The van der Waals surface area contributed by atoms with Crippen molar-refractivity contribution in [3.05, 3.63) is 127 Å². The molecule has 4 aromatic rings. The van der Waals surface area contributed by atoms with E-state index in [9.17, 15) is 0 Å². The summed E-state index contributed by atoms with van der Waals surface area (Å²) in [5.41, 5.74) is 1.62. The van der Waals surface area contributed by atoms with Crippen molar-refractivity contribution in [2.45, 2.75) is 18.7 Å². The molecule has 1 aliphatic heterocycles. The van der Waals surface area contributed by atoms with Crippen LogP contribution in [0.5, 0.6) is 0 Å². The van der Waals surface area contributed by atoms with Gasteiger partial charge in [0.15, 0.2) is 0 Å². The zero-order valence-electron chi connectivity index (χ0n) is 16.6. The van der Waals surface area contributed by atoms with Gasteiger partial charge in [0, 0.05) is 0 Å². The first-order chi connectivity index (χ1) is 14.3. The van der Waals surface area contributed by atoms with Gasteiger partial charge in [-0.15, -0.1) is 0 Å². The summed E-state index contributed by atoms with van der Waals surface area (Å²) >= 11 is 0. The van der Waals surface area contributed by atoms with Gasteiger partial charge in [-0.3, -0.25) is 0 Å². The van der Waals surface area contributed by atoms with Crippen molar-refractivity contribution in [2.24, 2.45) is 0 Å². The van der Waals surface area contributed by atoms with E-state index in [0.717, 1.165) is 0 Å². The number of rotatable bonds is 4. The van der Waals surface area contributed by atoms with Gasteiger partial charge in [-0.25, -0.2) is 0 Å². The van der Waals surface area contributed by atoms with Crippen LogP contribution >= 0.6 is 6.83 Å². The van der Waals surface area contributed by atoms with Crippen molar-refractivity contribution in [3.8, 4) is 0 Å². The summed E-state index contributed by atoms with van der Waals surface area (Å²) in [6.07, 6.45) is 0.135. The Balaban J connectivity index is 1.94. The van der Waals surface area contributed by atoms with Crippen LogP contribution in [0.2, 0.25) is 0 Å². The molecule has 2 unspecified atom stereocenters. The Bertz CT molecular complexity index is 995. The molecule has 0 bridgehead atoms. The molecule has 0 radical (unpaired) electrons. The number of hydrogen-bond acceptors (Lipinski definition) is 1. The second-order valence-electron chi connectivity index (χ2n) is 7.77. The third-order valence-electron chi connectivity index (χ3n) is 6.31. The summed E-state index contributed by atoms with van der Waals surface area (Å²) in [6, 6.07) is 43.6. The van der Waals surface area contributed by atoms with Crippen LogP contribution < -0.4 is 15.9 Å². The Morgan fingerprint density at radius 3 is 1.21 bits per heavy atom. The molecule has 1 saturated heterocycles. The molecule has 0 N–H and O–H groups in total. The second kappa shape index (κ2) is 6.95. The monoisotopic (exact) mass is 396 g/mol. The zero-order valence-corrected chi connectivity index (χ0v) is 17.5. The predicted octanol–water partition coefficient (Wildman–Crippen LogP) is 5.59. The van der Waals surface area contributed by atoms with E-state index in [-0.39, 0.29) is 11.8 Å². The standard InChI is InChI=1S/C27H25OP/c1-22-27(23-14-6-2-7-15-23)29(28-22,24-16-8-3-9-17-24,25-18-10-4-11-19-25)26-20-12-5-13-21-26/h2-22,27H,1H3. The Morgan fingerprint density at radius 2 is 0.862 bits per heavy atom. The van der Waals surface area contributed by atoms with E-state index in [0.29, 0.717) is 0 Å². The summed E-state index contributed by atoms with van der Waals surface area (Å²) in [4.78, 5) is 0. The topological polar surface area (TPSA) is 9.23 Å². The predicted molar refractivity (Wildman–Crippen MR) is 125 cm³/mol. The summed E-state index contributed by atoms with van der Waals surface area (Å²) in [6.45, 7) is -0.954. The average molecular weight is 396 g/mol. The molecule has 1 heterocycles. The molecule has 2 heteroatoms. The molecule has 0 spiro atoms. The van der Waals surface area contributed by atoms with E-state index in [4.69, 9.17) is 4.52 Å². The van der Waals surface area contributed by atoms with Gasteiger partial charge in [-0.2, -0.15) is 0 Å². The molecule has 2 atom stereocenters.